The molecule has 0 aliphatic carbocycles. The quantitative estimate of drug-likeness (QED) is 0.331. The summed E-state index contributed by atoms with van der Waals surface area (Å²) in [5.74, 6) is 0.0206. The fourth-order valence-electron chi connectivity index (χ4n) is 3.59. The lowest BCUT2D eigenvalue weighted by atomic mass is 10.1. The van der Waals surface area contributed by atoms with Crippen molar-refractivity contribution in [1.29, 1.82) is 5.41 Å². The van der Waals surface area contributed by atoms with Crippen LogP contribution < -0.4 is 26.0 Å². The number of carbonyl (C=O) groups is 2. The summed E-state index contributed by atoms with van der Waals surface area (Å²) in [6, 6.07) is 23.1. The van der Waals surface area contributed by atoms with Crippen molar-refractivity contribution in [1.82, 2.24) is 5.32 Å². The van der Waals surface area contributed by atoms with Crippen LogP contribution in [0.2, 0.25) is 0 Å². The molecule has 1 aliphatic rings. The smallest absolute Gasteiger partial charge is 0.270 e. The number of rotatable bonds is 7. The van der Waals surface area contributed by atoms with E-state index in [2.05, 4.69) is 10.6 Å². The largest absolute Gasteiger partial charge is 0.476 e. The maximum Gasteiger partial charge on any atom is 0.270 e. The van der Waals surface area contributed by atoms with Crippen molar-refractivity contribution < 1.29 is 14.3 Å². The molecule has 0 saturated carbocycles. The van der Waals surface area contributed by atoms with E-state index in [1.54, 1.807) is 41.3 Å². The highest BCUT2D eigenvalue weighted by Crippen LogP contribution is 2.25. The number of amides is 2. The SMILES string of the molecule is N=C(N)c1cccc(OC(C(=O)Nc2ccc(N3CCNCC3=O)cc2)c2ccccc2)c1. The first kappa shape index (κ1) is 22.0. The summed E-state index contributed by atoms with van der Waals surface area (Å²) in [4.78, 5) is 27.0. The van der Waals surface area contributed by atoms with Gasteiger partial charge in [-0.2, -0.15) is 0 Å². The summed E-state index contributed by atoms with van der Waals surface area (Å²) in [7, 11) is 0. The first-order chi connectivity index (χ1) is 16.0. The van der Waals surface area contributed by atoms with Crippen LogP contribution in [0.5, 0.6) is 5.75 Å². The van der Waals surface area contributed by atoms with Gasteiger partial charge in [0.1, 0.15) is 11.6 Å². The van der Waals surface area contributed by atoms with Gasteiger partial charge in [0.25, 0.3) is 5.91 Å². The molecule has 8 nitrogen and oxygen atoms in total. The van der Waals surface area contributed by atoms with Gasteiger partial charge in [-0.3, -0.25) is 15.0 Å². The fraction of sp³-hybridized carbons (Fsp3) is 0.160. The van der Waals surface area contributed by atoms with Crippen LogP contribution in [-0.2, 0) is 9.59 Å². The minimum absolute atomic E-state index is 0.0170. The second kappa shape index (κ2) is 9.97. The molecule has 0 radical (unpaired) electrons. The van der Waals surface area contributed by atoms with Gasteiger partial charge in [-0.05, 0) is 36.4 Å². The van der Waals surface area contributed by atoms with Crippen molar-refractivity contribution >= 4 is 29.0 Å². The molecule has 0 aromatic heterocycles. The van der Waals surface area contributed by atoms with Crippen molar-refractivity contribution in [3.05, 3.63) is 90.0 Å². The lowest BCUT2D eigenvalue weighted by Gasteiger charge is -2.27. The molecule has 33 heavy (non-hydrogen) atoms. The summed E-state index contributed by atoms with van der Waals surface area (Å²) in [5.41, 5.74) is 8.16. The Morgan fingerprint density at radius 3 is 2.52 bits per heavy atom. The number of hydrogen-bond acceptors (Lipinski definition) is 5. The van der Waals surface area contributed by atoms with Crippen LogP contribution in [-0.4, -0.2) is 37.3 Å². The van der Waals surface area contributed by atoms with E-state index in [1.807, 2.05) is 42.5 Å². The van der Waals surface area contributed by atoms with Gasteiger partial charge in [0.05, 0.1) is 6.54 Å². The van der Waals surface area contributed by atoms with Crippen LogP contribution >= 0.6 is 0 Å². The number of nitrogen functional groups attached to an aromatic ring is 1. The number of nitrogens with two attached hydrogens (primary N) is 1. The second-order valence-electron chi connectivity index (χ2n) is 7.61. The van der Waals surface area contributed by atoms with Crippen molar-refractivity contribution in [2.24, 2.45) is 5.73 Å². The van der Waals surface area contributed by atoms with Gasteiger partial charge in [-0.25, -0.2) is 0 Å². The number of piperazine rings is 1. The third-order valence-corrected chi connectivity index (χ3v) is 5.28. The maximum atomic E-state index is 13.2. The molecule has 5 N–H and O–H groups in total. The summed E-state index contributed by atoms with van der Waals surface area (Å²) in [5, 5.41) is 13.6. The number of hydrogen-bond donors (Lipinski definition) is 4. The van der Waals surface area contributed by atoms with E-state index in [9.17, 15) is 9.59 Å². The Labute approximate surface area is 191 Å². The van der Waals surface area contributed by atoms with E-state index in [0.717, 1.165) is 12.2 Å². The monoisotopic (exact) mass is 443 g/mol. The van der Waals surface area contributed by atoms with Gasteiger partial charge in [0.2, 0.25) is 12.0 Å². The number of carbonyl (C=O) groups excluding carboxylic acids is 2. The molecular weight excluding hydrogens is 418 g/mol. The van der Waals surface area contributed by atoms with Gasteiger partial charge in [-0.1, -0.05) is 42.5 Å². The maximum absolute atomic E-state index is 13.2. The zero-order valence-corrected chi connectivity index (χ0v) is 18.0. The van der Waals surface area contributed by atoms with Crippen LogP contribution in [0.25, 0.3) is 0 Å². The molecule has 0 spiro atoms. The van der Waals surface area contributed by atoms with Crippen molar-refractivity contribution in [2.45, 2.75) is 6.10 Å². The summed E-state index contributed by atoms with van der Waals surface area (Å²) >= 11 is 0. The van der Waals surface area contributed by atoms with E-state index >= 15 is 0 Å². The molecule has 3 aromatic rings. The number of amidine groups is 1. The number of nitrogens with one attached hydrogen (secondary N) is 3. The molecule has 168 valence electrons. The molecule has 1 saturated heterocycles. The second-order valence-corrected chi connectivity index (χ2v) is 7.61. The predicted molar refractivity (Wildman–Crippen MR) is 128 cm³/mol. The van der Waals surface area contributed by atoms with E-state index < -0.39 is 6.10 Å². The van der Waals surface area contributed by atoms with Crippen LogP contribution in [0.4, 0.5) is 11.4 Å². The third kappa shape index (κ3) is 5.36. The standard InChI is InChI=1S/C25H25N5O3/c26-24(27)18-7-4-8-21(15-18)33-23(17-5-2-1-3-6-17)25(32)29-19-9-11-20(12-10-19)30-14-13-28-16-22(30)31/h1-12,15,23,28H,13-14,16H2,(H3,26,27)(H,29,32). The molecule has 1 unspecified atom stereocenters. The van der Waals surface area contributed by atoms with Crippen LogP contribution in [0.1, 0.15) is 17.2 Å². The number of ether oxygens (including phenoxy) is 1. The third-order valence-electron chi connectivity index (χ3n) is 5.28. The first-order valence-corrected chi connectivity index (χ1v) is 10.6. The lowest BCUT2D eigenvalue weighted by molar-refractivity contribution is -0.123. The van der Waals surface area contributed by atoms with Gasteiger partial charge in [0.15, 0.2) is 0 Å². The summed E-state index contributed by atoms with van der Waals surface area (Å²) in [6.07, 6.45) is -0.914. The molecule has 1 fully saturated rings. The Bertz CT molecular complexity index is 1150. The average Bonchev–Trinajstić information content (AvgIpc) is 2.84. The molecule has 1 atom stereocenters. The highest BCUT2D eigenvalue weighted by molar-refractivity contribution is 5.97. The van der Waals surface area contributed by atoms with Crippen molar-refractivity contribution in [3.8, 4) is 5.75 Å². The minimum Gasteiger partial charge on any atom is -0.476 e. The molecule has 1 aliphatic heterocycles. The Hall–Kier alpha value is -4.17. The molecule has 8 heteroatoms. The number of benzene rings is 3. The normalized spacial score (nSPS) is 14.4. The number of nitrogens with zero attached hydrogens (tertiary/aromatic N) is 1. The Kier molecular flexibility index (Phi) is 6.66. The zero-order chi connectivity index (χ0) is 23.2. The summed E-state index contributed by atoms with van der Waals surface area (Å²) < 4.78 is 6.03. The Balaban J connectivity index is 1.52. The highest BCUT2D eigenvalue weighted by atomic mass is 16.5. The van der Waals surface area contributed by atoms with E-state index in [-0.39, 0.29) is 17.6 Å². The Morgan fingerprint density at radius 2 is 1.82 bits per heavy atom. The molecule has 0 bridgehead atoms. The van der Waals surface area contributed by atoms with Crippen LogP contribution in [0.15, 0.2) is 78.9 Å². The summed E-state index contributed by atoms with van der Waals surface area (Å²) in [6.45, 7) is 1.67. The molecule has 2 amide bonds. The van der Waals surface area contributed by atoms with Gasteiger partial charge in [0, 0.05) is 35.6 Å². The average molecular weight is 444 g/mol. The topological polar surface area (TPSA) is 121 Å². The van der Waals surface area contributed by atoms with E-state index in [1.165, 1.54) is 0 Å². The molecular formula is C25H25N5O3. The number of anilines is 2. The lowest BCUT2D eigenvalue weighted by Crippen LogP contribution is -2.48. The molecule has 4 rings (SSSR count). The van der Waals surface area contributed by atoms with Gasteiger partial charge < -0.3 is 26.0 Å². The highest BCUT2D eigenvalue weighted by Gasteiger charge is 2.24. The zero-order valence-electron chi connectivity index (χ0n) is 18.0. The Morgan fingerprint density at radius 1 is 1.06 bits per heavy atom. The van der Waals surface area contributed by atoms with E-state index in [4.69, 9.17) is 15.9 Å². The van der Waals surface area contributed by atoms with Gasteiger partial charge in [-0.15, -0.1) is 0 Å². The molecule has 1 heterocycles. The molecule has 3 aromatic carbocycles. The van der Waals surface area contributed by atoms with Crippen LogP contribution in [0, 0.1) is 5.41 Å². The van der Waals surface area contributed by atoms with E-state index in [0.29, 0.717) is 35.7 Å². The van der Waals surface area contributed by atoms with Crippen LogP contribution in [0.3, 0.4) is 0 Å². The fourth-order valence-corrected chi connectivity index (χ4v) is 3.59. The van der Waals surface area contributed by atoms with Crippen molar-refractivity contribution in [3.63, 3.8) is 0 Å². The van der Waals surface area contributed by atoms with Crippen molar-refractivity contribution in [2.75, 3.05) is 29.9 Å². The van der Waals surface area contributed by atoms with Gasteiger partial charge >= 0.3 is 0 Å². The predicted octanol–water partition coefficient (Wildman–Crippen LogP) is 2.67. The minimum atomic E-state index is -0.914. The first-order valence-electron chi connectivity index (χ1n) is 10.6.